The molecule has 3 atom stereocenters. The number of hydrogen-bond acceptors (Lipinski definition) is 2. The number of piperidine rings is 1. The molecule has 3 aliphatic rings. The van der Waals surface area contributed by atoms with Gasteiger partial charge in [0.1, 0.15) is 0 Å². The number of likely N-dealkylation sites (tertiary alicyclic amines) is 1. The summed E-state index contributed by atoms with van der Waals surface area (Å²) in [5, 5.41) is 0. The van der Waals surface area contributed by atoms with E-state index in [-0.39, 0.29) is 5.92 Å². The minimum absolute atomic E-state index is 0.271. The van der Waals surface area contributed by atoms with Crippen LogP contribution in [-0.2, 0) is 4.79 Å². The molecule has 3 heteroatoms. The van der Waals surface area contributed by atoms with Crippen molar-refractivity contribution in [3.63, 3.8) is 0 Å². The molecule has 2 bridgehead atoms. The lowest BCUT2D eigenvalue weighted by molar-refractivity contribution is -0.140. The second-order valence-corrected chi connectivity index (χ2v) is 8.62. The lowest BCUT2D eigenvalue weighted by Gasteiger charge is -2.45. The molecular weight excluding hydrogens is 272 g/mol. The van der Waals surface area contributed by atoms with Crippen LogP contribution in [0.15, 0.2) is 0 Å². The monoisotopic (exact) mass is 306 g/mol. The van der Waals surface area contributed by atoms with Gasteiger partial charge in [0.25, 0.3) is 0 Å². The molecule has 2 saturated carbocycles. The van der Waals surface area contributed by atoms with Crippen molar-refractivity contribution in [2.24, 2.45) is 35.3 Å². The summed E-state index contributed by atoms with van der Waals surface area (Å²) in [6.45, 7) is 6.59. The summed E-state index contributed by atoms with van der Waals surface area (Å²) in [5.41, 5.74) is 6.38. The summed E-state index contributed by atoms with van der Waals surface area (Å²) in [6, 6.07) is 0.368. The number of carbonyl (C=O) groups is 1. The predicted molar refractivity (Wildman–Crippen MR) is 90.3 cm³/mol. The zero-order valence-electron chi connectivity index (χ0n) is 14.5. The minimum atomic E-state index is 0.271. The van der Waals surface area contributed by atoms with Gasteiger partial charge in [-0.05, 0) is 68.6 Å². The number of fused-ring (bicyclic) bond motifs is 2. The highest BCUT2D eigenvalue weighted by Gasteiger charge is 2.42. The third kappa shape index (κ3) is 3.50. The van der Waals surface area contributed by atoms with E-state index in [2.05, 4.69) is 18.7 Å². The van der Waals surface area contributed by atoms with Gasteiger partial charge in [0.05, 0.1) is 0 Å². The van der Waals surface area contributed by atoms with Gasteiger partial charge in [0, 0.05) is 25.0 Å². The molecule has 126 valence electrons. The predicted octanol–water partition coefficient (Wildman–Crippen LogP) is 3.42. The molecule has 0 aromatic heterocycles. The fraction of sp³-hybridized carbons (Fsp3) is 0.947. The molecule has 0 radical (unpaired) electrons. The fourth-order valence-electron chi connectivity index (χ4n) is 5.37. The summed E-state index contributed by atoms with van der Waals surface area (Å²) in [5.74, 6) is 3.41. The maximum absolute atomic E-state index is 13.0. The minimum Gasteiger partial charge on any atom is -0.342 e. The van der Waals surface area contributed by atoms with Crippen molar-refractivity contribution in [1.29, 1.82) is 0 Å². The van der Waals surface area contributed by atoms with E-state index in [0.29, 0.717) is 23.8 Å². The highest BCUT2D eigenvalue weighted by molar-refractivity contribution is 5.79. The van der Waals surface area contributed by atoms with Gasteiger partial charge in [-0.15, -0.1) is 0 Å². The highest BCUT2D eigenvalue weighted by atomic mass is 16.2. The SMILES string of the molecule is CC(C)CC1CCCN(C(=O)C2CC3CCCC(C2)C3N)C1. The number of hydrogen-bond donors (Lipinski definition) is 1. The molecule has 3 rings (SSSR count). The van der Waals surface area contributed by atoms with Crippen LogP contribution in [0, 0.1) is 29.6 Å². The van der Waals surface area contributed by atoms with Gasteiger partial charge < -0.3 is 10.6 Å². The van der Waals surface area contributed by atoms with Crippen LogP contribution in [0.3, 0.4) is 0 Å². The van der Waals surface area contributed by atoms with Crippen LogP contribution in [0.2, 0.25) is 0 Å². The summed E-state index contributed by atoms with van der Waals surface area (Å²) >= 11 is 0. The average Bonchev–Trinajstić information content (AvgIpc) is 2.46. The Morgan fingerprint density at radius 2 is 1.82 bits per heavy atom. The number of amides is 1. The molecule has 1 saturated heterocycles. The van der Waals surface area contributed by atoms with Crippen LogP contribution >= 0.6 is 0 Å². The smallest absolute Gasteiger partial charge is 0.225 e. The normalized spacial score (nSPS) is 39.1. The first-order valence-corrected chi connectivity index (χ1v) is 9.59. The Bertz CT molecular complexity index is 381. The lowest BCUT2D eigenvalue weighted by Crippen LogP contribution is -2.51. The Kier molecular flexibility index (Phi) is 5.11. The van der Waals surface area contributed by atoms with E-state index in [0.717, 1.165) is 37.8 Å². The molecule has 1 aliphatic heterocycles. The van der Waals surface area contributed by atoms with Crippen molar-refractivity contribution in [2.75, 3.05) is 13.1 Å². The molecule has 2 N–H and O–H groups in total. The first-order valence-electron chi connectivity index (χ1n) is 9.59. The van der Waals surface area contributed by atoms with Gasteiger partial charge in [0.15, 0.2) is 0 Å². The van der Waals surface area contributed by atoms with Crippen LogP contribution < -0.4 is 5.73 Å². The maximum atomic E-state index is 13.0. The Hall–Kier alpha value is -0.570. The van der Waals surface area contributed by atoms with E-state index in [4.69, 9.17) is 5.73 Å². The number of carbonyl (C=O) groups excluding carboxylic acids is 1. The van der Waals surface area contributed by atoms with Gasteiger partial charge in [-0.2, -0.15) is 0 Å². The van der Waals surface area contributed by atoms with Gasteiger partial charge in [0.2, 0.25) is 5.91 Å². The van der Waals surface area contributed by atoms with Crippen molar-refractivity contribution in [1.82, 2.24) is 4.90 Å². The molecule has 0 spiro atoms. The first kappa shape index (κ1) is 16.3. The van der Waals surface area contributed by atoms with Crippen LogP contribution in [0.1, 0.15) is 65.2 Å². The van der Waals surface area contributed by atoms with Crippen molar-refractivity contribution in [3.05, 3.63) is 0 Å². The highest BCUT2D eigenvalue weighted by Crippen LogP contribution is 2.42. The van der Waals surface area contributed by atoms with Crippen LogP contribution in [-0.4, -0.2) is 29.9 Å². The lowest BCUT2D eigenvalue weighted by atomic mass is 9.65. The third-order valence-corrected chi connectivity index (χ3v) is 6.40. The zero-order valence-corrected chi connectivity index (χ0v) is 14.5. The largest absolute Gasteiger partial charge is 0.342 e. The van der Waals surface area contributed by atoms with Crippen molar-refractivity contribution in [2.45, 2.75) is 71.3 Å². The second kappa shape index (κ2) is 6.90. The third-order valence-electron chi connectivity index (χ3n) is 6.40. The first-order chi connectivity index (χ1) is 10.5. The van der Waals surface area contributed by atoms with E-state index in [1.807, 2.05) is 0 Å². The molecule has 0 aromatic rings. The fourth-order valence-corrected chi connectivity index (χ4v) is 5.37. The summed E-state index contributed by atoms with van der Waals surface area (Å²) in [4.78, 5) is 15.2. The molecule has 2 aliphatic carbocycles. The number of rotatable bonds is 3. The topological polar surface area (TPSA) is 46.3 Å². The van der Waals surface area contributed by atoms with E-state index in [1.54, 1.807) is 0 Å². The Morgan fingerprint density at radius 3 is 2.45 bits per heavy atom. The second-order valence-electron chi connectivity index (χ2n) is 8.62. The maximum Gasteiger partial charge on any atom is 0.225 e. The van der Waals surface area contributed by atoms with E-state index in [9.17, 15) is 4.79 Å². The molecule has 3 fully saturated rings. The van der Waals surface area contributed by atoms with E-state index >= 15 is 0 Å². The van der Waals surface area contributed by atoms with Gasteiger partial charge in [-0.3, -0.25) is 4.79 Å². The Morgan fingerprint density at radius 1 is 1.14 bits per heavy atom. The Balaban J connectivity index is 1.59. The number of nitrogens with two attached hydrogens (primary N) is 1. The Labute approximate surface area is 136 Å². The molecule has 3 unspecified atom stereocenters. The molecule has 1 amide bonds. The molecule has 1 heterocycles. The molecule has 0 aromatic carbocycles. The molecular formula is C19H34N2O. The van der Waals surface area contributed by atoms with Crippen LogP contribution in [0.4, 0.5) is 0 Å². The van der Waals surface area contributed by atoms with Gasteiger partial charge in [-0.1, -0.05) is 20.3 Å². The van der Waals surface area contributed by atoms with Crippen molar-refractivity contribution in [3.8, 4) is 0 Å². The zero-order chi connectivity index (χ0) is 15.7. The van der Waals surface area contributed by atoms with Crippen molar-refractivity contribution < 1.29 is 4.79 Å². The average molecular weight is 306 g/mol. The quantitative estimate of drug-likeness (QED) is 0.868. The van der Waals surface area contributed by atoms with E-state index < -0.39 is 0 Å². The summed E-state index contributed by atoms with van der Waals surface area (Å²) < 4.78 is 0. The van der Waals surface area contributed by atoms with Crippen LogP contribution in [0.5, 0.6) is 0 Å². The van der Waals surface area contributed by atoms with Gasteiger partial charge in [-0.25, -0.2) is 0 Å². The van der Waals surface area contributed by atoms with Crippen LogP contribution in [0.25, 0.3) is 0 Å². The standard InChI is InChI=1S/C19H34N2O/c1-13(2)9-14-5-4-8-21(12-14)19(22)17-10-15-6-3-7-16(11-17)18(15)20/h13-18H,3-12,20H2,1-2H3. The molecule has 22 heavy (non-hydrogen) atoms. The summed E-state index contributed by atoms with van der Waals surface area (Å²) in [6.07, 6.45) is 9.71. The van der Waals surface area contributed by atoms with Gasteiger partial charge >= 0.3 is 0 Å². The van der Waals surface area contributed by atoms with E-state index in [1.165, 1.54) is 38.5 Å². The number of nitrogens with zero attached hydrogens (tertiary/aromatic N) is 1. The molecule has 3 nitrogen and oxygen atoms in total. The van der Waals surface area contributed by atoms with Crippen molar-refractivity contribution >= 4 is 5.91 Å². The summed E-state index contributed by atoms with van der Waals surface area (Å²) in [7, 11) is 0.